The summed E-state index contributed by atoms with van der Waals surface area (Å²) in [6.45, 7) is 6.08. The molecule has 0 saturated carbocycles. The third-order valence-electron chi connectivity index (χ3n) is 2.07. The van der Waals surface area contributed by atoms with E-state index in [9.17, 15) is 4.79 Å². The van der Waals surface area contributed by atoms with E-state index in [0.29, 0.717) is 6.54 Å². The number of amides is 1. The van der Waals surface area contributed by atoms with Crippen molar-refractivity contribution in [1.82, 2.24) is 10.6 Å². The van der Waals surface area contributed by atoms with Gasteiger partial charge in [0.25, 0.3) is 0 Å². The fraction of sp³-hybridized carbons (Fsp3) is 0.700. The van der Waals surface area contributed by atoms with Crippen LogP contribution in [0.25, 0.3) is 0 Å². The van der Waals surface area contributed by atoms with Crippen molar-refractivity contribution in [2.24, 2.45) is 5.92 Å². The molecule has 74 valence electrons. The van der Waals surface area contributed by atoms with E-state index in [2.05, 4.69) is 24.5 Å². The van der Waals surface area contributed by atoms with E-state index in [4.69, 9.17) is 0 Å². The Morgan fingerprint density at radius 2 is 2.38 bits per heavy atom. The lowest BCUT2D eigenvalue weighted by molar-refractivity contribution is -0.115. The first-order valence-corrected chi connectivity index (χ1v) is 4.91. The smallest absolute Gasteiger partial charge is 0.246 e. The summed E-state index contributed by atoms with van der Waals surface area (Å²) in [7, 11) is 0. The van der Waals surface area contributed by atoms with E-state index in [0.717, 1.165) is 18.2 Å². The maximum Gasteiger partial charge on any atom is 0.246 e. The Bertz CT molecular complexity index is 209. The zero-order valence-corrected chi connectivity index (χ0v) is 8.39. The minimum atomic E-state index is 0.0198. The molecule has 0 aromatic carbocycles. The molecule has 2 N–H and O–H groups in total. The van der Waals surface area contributed by atoms with E-state index in [1.54, 1.807) is 6.08 Å². The van der Waals surface area contributed by atoms with E-state index in [1.165, 1.54) is 12.8 Å². The van der Waals surface area contributed by atoms with Gasteiger partial charge in [-0.05, 0) is 18.8 Å². The molecule has 1 amide bonds. The fourth-order valence-electron chi connectivity index (χ4n) is 1.32. The van der Waals surface area contributed by atoms with Crippen LogP contribution in [0.3, 0.4) is 0 Å². The molecule has 1 heterocycles. The van der Waals surface area contributed by atoms with Gasteiger partial charge < -0.3 is 10.6 Å². The molecule has 0 aliphatic carbocycles. The number of nitrogens with one attached hydrogen (secondary N) is 2. The predicted molar refractivity (Wildman–Crippen MR) is 53.2 cm³/mol. The highest BCUT2D eigenvalue weighted by atomic mass is 16.1. The minimum Gasteiger partial charge on any atom is -0.387 e. The Morgan fingerprint density at radius 1 is 1.62 bits per heavy atom. The number of carbonyl (C=O) groups excluding carboxylic acids is 1. The molecule has 0 fully saturated rings. The summed E-state index contributed by atoms with van der Waals surface area (Å²) in [5, 5.41) is 5.97. The molecule has 0 radical (unpaired) electrons. The number of rotatable bonds is 5. The van der Waals surface area contributed by atoms with Gasteiger partial charge in [-0.2, -0.15) is 0 Å². The molecule has 1 rings (SSSR count). The van der Waals surface area contributed by atoms with E-state index in [-0.39, 0.29) is 5.91 Å². The monoisotopic (exact) mass is 182 g/mol. The van der Waals surface area contributed by atoms with Crippen molar-refractivity contribution in [3.8, 4) is 0 Å². The summed E-state index contributed by atoms with van der Waals surface area (Å²) in [6, 6.07) is 0. The zero-order chi connectivity index (χ0) is 9.68. The SMILES string of the molecule is CC(C)CCCNC1=CC(=O)NC1. The van der Waals surface area contributed by atoms with Crippen LogP contribution >= 0.6 is 0 Å². The van der Waals surface area contributed by atoms with Crippen molar-refractivity contribution < 1.29 is 4.79 Å². The Kier molecular flexibility index (Phi) is 3.80. The summed E-state index contributed by atoms with van der Waals surface area (Å²) in [5.74, 6) is 0.783. The van der Waals surface area contributed by atoms with Crippen LogP contribution in [-0.2, 0) is 4.79 Å². The van der Waals surface area contributed by atoms with Crippen LogP contribution < -0.4 is 10.6 Å². The van der Waals surface area contributed by atoms with Crippen LogP contribution in [0.15, 0.2) is 11.8 Å². The average Bonchev–Trinajstić information content (AvgIpc) is 2.45. The third kappa shape index (κ3) is 3.97. The molecule has 0 aromatic rings. The summed E-state index contributed by atoms with van der Waals surface area (Å²) < 4.78 is 0. The number of hydrogen-bond donors (Lipinski definition) is 2. The lowest BCUT2D eigenvalue weighted by atomic mass is 10.1. The fourth-order valence-corrected chi connectivity index (χ4v) is 1.32. The van der Waals surface area contributed by atoms with Gasteiger partial charge in [-0.25, -0.2) is 0 Å². The third-order valence-corrected chi connectivity index (χ3v) is 2.07. The molecule has 3 nitrogen and oxygen atoms in total. The molecule has 1 aliphatic heterocycles. The summed E-state index contributed by atoms with van der Waals surface area (Å²) in [6.07, 6.45) is 4.04. The lowest BCUT2D eigenvalue weighted by Crippen LogP contribution is -2.21. The second-order valence-electron chi connectivity index (χ2n) is 3.85. The maximum absolute atomic E-state index is 10.8. The van der Waals surface area contributed by atoms with Gasteiger partial charge in [-0.15, -0.1) is 0 Å². The quantitative estimate of drug-likeness (QED) is 0.623. The lowest BCUT2D eigenvalue weighted by Gasteiger charge is -2.07. The van der Waals surface area contributed by atoms with Crippen molar-refractivity contribution in [2.45, 2.75) is 26.7 Å². The first-order valence-electron chi connectivity index (χ1n) is 4.91. The molecule has 0 atom stereocenters. The zero-order valence-electron chi connectivity index (χ0n) is 8.39. The normalized spacial score (nSPS) is 15.9. The van der Waals surface area contributed by atoms with Gasteiger partial charge in [0.15, 0.2) is 0 Å². The van der Waals surface area contributed by atoms with Crippen molar-refractivity contribution in [3.63, 3.8) is 0 Å². The van der Waals surface area contributed by atoms with Gasteiger partial charge in [0.05, 0.1) is 6.54 Å². The second-order valence-corrected chi connectivity index (χ2v) is 3.85. The number of hydrogen-bond acceptors (Lipinski definition) is 2. The van der Waals surface area contributed by atoms with Gasteiger partial charge in [0.1, 0.15) is 0 Å². The predicted octanol–water partition coefficient (Wildman–Crippen LogP) is 1.03. The van der Waals surface area contributed by atoms with Crippen LogP contribution in [0, 0.1) is 5.92 Å². The van der Waals surface area contributed by atoms with Crippen LogP contribution in [-0.4, -0.2) is 19.0 Å². The Balaban J connectivity index is 2.06. The minimum absolute atomic E-state index is 0.0198. The molecule has 1 aliphatic rings. The van der Waals surface area contributed by atoms with Gasteiger partial charge in [0.2, 0.25) is 5.91 Å². The molecule has 0 bridgehead atoms. The summed E-state index contributed by atoms with van der Waals surface area (Å²) in [4.78, 5) is 10.8. The Labute approximate surface area is 79.6 Å². The first-order chi connectivity index (χ1) is 6.18. The molecular formula is C10H18N2O. The number of carbonyl (C=O) groups is 1. The Hall–Kier alpha value is -0.990. The van der Waals surface area contributed by atoms with E-state index < -0.39 is 0 Å². The maximum atomic E-state index is 10.8. The van der Waals surface area contributed by atoms with Gasteiger partial charge in [-0.3, -0.25) is 4.79 Å². The van der Waals surface area contributed by atoms with E-state index in [1.807, 2.05) is 0 Å². The molecule has 0 saturated heterocycles. The van der Waals surface area contributed by atoms with Gasteiger partial charge in [-0.1, -0.05) is 13.8 Å². The molecule has 0 spiro atoms. The van der Waals surface area contributed by atoms with Crippen LogP contribution in [0.1, 0.15) is 26.7 Å². The average molecular weight is 182 g/mol. The highest BCUT2D eigenvalue weighted by Gasteiger charge is 2.08. The van der Waals surface area contributed by atoms with Gasteiger partial charge in [0, 0.05) is 18.3 Å². The highest BCUT2D eigenvalue weighted by Crippen LogP contribution is 2.03. The summed E-state index contributed by atoms with van der Waals surface area (Å²) >= 11 is 0. The standard InChI is InChI=1S/C10H18N2O/c1-8(2)4-3-5-11-9-6-10(13)12-7-9/h6,8,11H,3-5,7H2,1-2H3,(H,12,13). The van der Waals surface area contributed by atoms with Crippen molar-refractivity contribution in [2.75, 3.05) is 13.1 Å². The second kappa shape index (κ2) is 4.90. The highest BCUT2D eigenvalue weighted by molar-refractivity contribution is 5.90. The molecular weight excluding hydrogens is 164 g/mol. The molecule has 3 heteroatoms. The van der Waals surface area contributed by atoms with Gasteiger partial charge >= 0.3 is 0 Å². The molecule has 0 aromatic heterocycles. The largest absolute Gasteiger partial charge is 0.387 e. The Morgan fingerprint density at radius 3 is 2.92 bits per heavy atom. The van der Waals surface area contributed by atoms with Crippen LogP contribution in [0.2, 0.25) is 0 Å². The van der Waals surface area contributed by atoms with E-state index >= 15 is 0 Å². The van der Waals surface area contributed by atoms with Crippen molar-refractivity contribution in [3.05, 3.63) is 11.8 Å². The summed E-state index contributed by atoms with van der Waals surface area (Å²) in [5.41, 5.74) is 1.02. The first kappa shape index (κ1) is 10.1. The van der Waals surface area contributed by atoms with Crippen LogP contribution in [0.5, 0.6) is 0 Å². The van der Waals surface area contributed by atoms with Crippen molar-refractivity contribution >= 4 is 5.91 Å². The topological polar surface area (TPSA) is 41.1 Å². The molecule has 13 heavy (non-hydrogen) atoms. The van der Waals surface area contributed by atoms with Crippen LogP contribution in [0.4, 0.5) is 0 Å². The molecule has 0 unspecified atom stereocenters. The van der Waals surface area contributed by atoms with Crippen molar-refractivity contribution in [1.29, 1.82) is 0 Å².